The molecule has 2 aliphatic carbocycles. The van der Waals surface area contributed by atoms with Gasteiger partial charge in [0.15, 0.2) is 17.7 Å². The van der Waals surface area contributed by atoms with E-state index in [2.05, 4.69) is 0 Å². The van der Waals surface area contributed by atoms with Gasteiger partial charge in [-0.25, -0.2) is 0 Å². The molecule has 2 heterocycles. The minimum Gasteiger partial charge on any atom is -0.462 e. The quantitative estimate of drug-likeness (QED) is 0.651. The van der Waals surface area contributed by atoms with Crippen molar-refractivity contribution in [1.82, 2.24) is 0 Å². The topological polar surface area (TPSA) is 99.1 Å². The van der Waals surface area contributed by atoms with Crippen LogP contribution in [0.4, 0.5) is 0 Å². The Balaban J connectivity index is 1.78. The van der Waals surface area contributed by atoms with Gasteiger partial charge in [-0.15, -0.1) is 0 Å². The summed E-state index contributed by atoms with van der Waals surface area (Å²) in [6, 6.07) is 0. The molecule has 2 aliphatic heterocycles. The lowest BCUT2D eigenvalue weighted by Gasteiger charge is -2.63. The molecule has 1 N–H and O–H groups in total. The predicted octanol–water partition coefficient (Wildman–Crippen LogP) is 2.69. The second kappa shape index (κ2) is 6.55. The number of allylic oxidation sites excluding steroid dienone is 1. The SMILES string of the molecule is CC(=O)O[C@@H]1[C@H](O)C(=O)[C@@]2(C)[C@@H](CC[C@]3(C)OC4=C(C[C@@H]23)C(=O)C[C@@H](C)O4)C1(C)C. The maximum Gasteiger partial charge on any atom is 0.303 e. The Bertz CT molecular complexity index is 842. The van der Waals surface area contributed by atoms with Crippen molar-refractivity contribution in [3.63, 3.8) is 0 Å². The van der Waals surface area contributed by atoms with Gasteiger partial charge in [-0.2, -0.15) is 0 Å². The van der Waals surface area contributed by atoms with E-state index in [0.29, 0.717) is 37.2 Å². The van der Waals surface area contributed by atoms with E-state index in [4.69, 9.17) is 14.2 Å². The lowest BCUT2D eigenvalue weighted by atomic mass is 9.43. The third-order valence-corrected chi connectivity index (χ3v) is 8.22. The maximum atomic E-state index is 13.6. The minimum absolute atomic E-state index is 0.00243. The van der Waals surface area contributed by atoms with E-state index in [1.54, 1.807) is 0 Å². The summed E-state index contributed by atoms with van der Waals surface area (Å²) in [5.74, 6) is -0.966. The molecule has 0 bridgehead atoms. The normalized spacial score (nSPS) is 44.8. The summed E-state index contributed by atoms with van der Waals surface area (Å²) in [5.41, 5.74) is -1.71. The molecule has 7 heteroatoms. The number of ketones is 2. The molecule has 7 nitrogen and oxygen atoms in total. The highest BCUT2D eigenvalue weighted by Crippen LogP contribution is 2.64. The summed E-state index contributed by atoms with van der Waals surface area (Å²) in [6.45, 7) is 10.9. The van der Waals surface area contributed by atoms with Crippen molar-refractivity contribution in [2.75, 3.05) is 0 Å². The van der Waals surface area contributed by atoms with Crippen LogP contribution in [0.5, 0.6) is 0 Å². The van der Waals surface area contributed by atoms with Crippen LogP contribution >= 0.6 is 0 Å². The Labute approximate surface area is 177 Å². The van der Waals surface area contributed by atoms with E-state index in [9.17, 15) is 19.5 Å². The molecule has 0 amide bonds. The van der Waals surface area contributed by atoms with Crippen LogP contribution in [0.2, 0.25) is 0 Å². The number of aliphatic hydroxyl groups excluding tert-OH is 1. The first-order chi connectivity index (χ1) is 13.8. The van der Waals surface area contributed by atoms with Gasteiger partial charge >= 0.3 is 5.97 Å². The summed E-state index contributed by atoms with van der Waals surface area (Å²) >= 11 is 0. The fraction of sp³-hybridized carbons (Fsp3) is 0.783. The first kappa shape index (κ1) is 21.3. The van der Waals surface area contributed by atoms with E-state index >= 15 is 0 Å². The van der Waals surface area contributed by atoms with Crippen molar-refractivity contribution >= 4 is 17.5 Å². The van der Waals surface area contributed by atoms with Crippen LogP contribution in [-0.4, -0.2) is 46.6 Å². The Morgan fingerprint density at radius 3 is 2.43 bits per heavy atom. The van der Waals surface area contributed by atoms with Gasteiger partial charge in [0.1, 0.15) is 17.8 Å². The van der Waals surface area contributed by atoms with E-state index < -0.39 is 34.6 Å². The fourth-order valence-electron chi connectivity index (χ4n) is 6.77. The highest BCUT2D eigenvalue weighted by Gasteiger charge is 2.69. The van der Waals surface area contributed by atoms with Crippen LogP contribution in [0.15, 0.2) is 11.5 Å². The standard InChI is InChI=1S/C23H32O7/c1-11-9-14(25)13-10-16-22(5,30-20(13)28-11)8-7-15-21(3,4)19(29-12(2)24)17(26)18(27)23(15,16)6/h11,15-17,19,26H,7-10H2,1-6H3/t11-,15+,16-,17-,19-,22+,23+/m1/s1. The van der Waals surface area contributed by atoms with Crippen LogP contribution in [0.1, 0.15) is 67.2 Å². The molecule has 0 unspecified atom stereocenters. The molecule has 0 aromatic heterocycles. The van der Waals surface area contributed by atoms with E-state index in [1.165, 1.54) is 6.92 Å². The van der Waals surface area contributed by atoms with Gasteiger partial charge in [0.25, 0.3) is 5.95 Å². The number of fused-ring (bicyclic) bond motifs is 3. The summed E-state index contributed by atoms with van der Waals surface area (Å²) in [5, 5.41) is 10.9. The number of hydrogen-bond donors (Lipinski definition) is 1. The maximum absolute atomic E-state index is 13.6. The Hall–Kier alpha value is -1.89. The zero-order valence-corrected chi connectivity index (χ0v) is 18.6. The molecule has 2 saturated carbocycles. The second-order valence-electron chi connectivity index (χ2n) is 10.5. The number of carbonyl (C=O) groups excluding carboxylic acids is 3. The lowest BCUT2D eigenvalue weighted by molar-refractivity contribution is -0.239. The first-order valence-corrected chi connectivity index (χ1v) is 10.8. The van der Waals surface area contributed by atoms with Gasteiger partial charge in [0.05, 0.1) is 5.57 Å². The molecule has 166 valence electrons. The van der Waals surface area contributed by atoms with Crippen LogP contribution in [-0.2, 0) is 28.6 Å². The molecule has 4 rings (SSSR count). The summed E-state index contributed by atoms with van der Waals surface area (Å²) < 4.78 is 17.6. The number of hydrogen-bond acceptors (Lipinski definition) is 7. The predicted molar refractivity (Wildman–Crippen MR) is 106 cm³/mol. The Morgan fingerprint density at radius 2 is 1.80 bits per heavy atom. The third-order valence-electron chi connectivity index (χ3n) is 8.22. The number of aliphatic hydroxyl groups is 1. The van der Waals surface area contributed by atoms with E-state index in [0.717, 1.165) is 0 Å². The minimum atomic E-state index is -1.42. The molecule has 4 aliphatic rings. The van der Waals surface area contributed by atoms with Gasteiger partial charge in [-0.3, -0.25) is 14.4 Å². The Kier molecular flexibility index (Phi) is 4.66. The van der Waals surface area contributed by atoms with Gasteiger partial charge < -0.3 is 19.3 Å². The largest absolute Gasteiger partial charge is 0.462 e. The highest BCUT2D eigenvalue weighted by atomic mass is 16.7. The van der Waals surface area contributed by atoms with Crippen molar-refractivity contribution in [2.24, 2.45) is 22.7 Å². The number of rotatable bonds is 1. The van der Waals surface area contributed by atoms with Crippen molar-refractivity contribution < 1.29 is 33.7 Å². The van der Waals surface area contributed by atoms with Gasteiger partial charge in [0, 0.05) is 30.1 Å². The van der Waals surface area contributed by atoms with Crippen LogP contribution in [0.25, 0.3) is 0 Å². The molecule has 0 aromatic carbocycles. The number of Topliss-reactive ketones (excluding diaryl/α,β-unsaturated/α-hetero) is 2. The average Bonchev–Trinajstić information content (AvgIpc) is 2.62. The molecule has 7 atom stereocenters. The lowest BCUT2D eigenvalue weighted by Crippen LogP contribution is -2.70. The van der Waals surface area contributed by atoms with Crippen molar-refractivity contribution in [3.8, 4) is 0 Å². The van der Waals surface area contributed by atoms with Crippen molar-refractivity contribution in [2.45, 2.75) is 91.1 Å². The first-order valence-electron chi connectivity index (χ1n) is 10.8. The number of carbonyl (C=O) groups is 3. The summed E-state index contributed by atoms with van der Waals surface area (Å²) in [4.78, 5) is 38.0. The van der Waals surface area contributed by atoms with Gasteiger partial charge in [-0.1, -0.05) is 20.8 Å². The van der Waals surface area contributed by atoms with Gasteiger partial charge in [0.2, 0.25) is 0 Å². The molecular formula is C23H32O7. The van der Waals surface area contributed by atoms with Gasteiger partial charge in [-0.05, 0) is 39.0 Å². The molecule has 30 heavy (non-hydrogen) atoms. The Morgan fingerprint density at radius 1 is 1.13 bits per heavy atom. The number of ether oxygens (including phenoxy) is 3. The van der Waals surface area contributed by atoms with Crippen molar-refractivity contribution in [3.05, 3.63) is 11.5 Å². The van der Waals surface area contributed by atoms with E-state index in [1.807, 2.05) is 34.6 Å². The average molecular weight is 421 g/mol. The second-order valence-corrected chi connectivity index (χ2v) is 10.5. The smallest absolute Gasteiger partial charge is 0.303 e. The van der Waals surface area contributed by atoms with E-state index in [-0.39, 0.29) is 29.5 Å². The van der Waals surface area contributed by atoms with Crippen LogP contribution in [0, 0.1) is 22.7 Å². The summed E-state index contributed by atoms with van der Waals surface area (Å²) in [7, 11) is 0. The fourth-order valence-corrected chi connectivity index (χ4v) is 6.77. The van der Waals surface area contributed by atoms with Crippen LogP contribution in [0.3, 0.4) is 0 Å². The third kappa shape index (κ3) is 2.77. The van der Waals surface area contributed by atoms with Crippen LogP contribution < -0.4 is 0 Å². The zero-order valence-electron chi connectivity index (χ0n) is 18.6. The molecule has 0 saturated heterocycles. The highest BCUT2D eigenvalue weighted by molar-refractivity contribution is 5.97. The van der Waals surface area contributed by atoms with Crippen molar-refractivity contribution in [1.29, 1.82) is 0 Å². The zero-order chi connectivity index (χ0) is 22.2. The number of esters is 1. The summed E-state index contributed by atoms with van der Waals surface area (Å²) in [6.07, 6.45) is -0.505. The molecular weight excluding hydrogens is 388 g/mol. The monoisotopic (exact) mass is 420 g/mol. The molecule has 0 radical (unpaired) electrons. The molecule has 2 fully saturated rings. The molecule has 0 spiro atoms. The molecule has 0 aromatic rings.